The molecule has 0 saturated heterocycles. The summed E-state index contributed by atoms with van der Waals surface area (Å²) in [5.74, 6) is 0.422. The van der Waals surface area contributed by atoms with Gasteiger partial charge in [0.25, 0.3) is 6.47 Å². The number of hydrogen-bond acceptors (Lipinski definition) is 3. The highest BCUT2D eigenvalue weighted by Crippen LogP contribution is 2.22. The Balaban J connectivity index is 1.93. The quantitative estimate of drug-likeness (QED) is 0.830. The van der Waals surface area contributed by atoms with E-state index in [1.54, 1.807) is 18.2 Å². The summed E-state index contributed by atoms with van der Waals surface area (Å²) in [4.78, 5) is 22.2. The first kappa shape index (κ1) is 14.6. The van der Waals surface area contributed by atoms with Crippen molar-refractivity contribution in [3.05, 3.63) is 59.7 Å². The van der Waals surface area contributed by atoms with Gasteiger partial charge >= 0.3 is 6.03 Å². The molecule has 2 aromatic carbocycles. The topological polar surface area (TPSA) is 67.4 Å². The largest absolute Gasteiger partial charge is 0.428 e. The molecule has 0 heterocycles. The maximum absolute atomic E-state index is 11.8. The van der Waals surface area contributed by atoms with Crippen LogP contribution < -0.4 is 15.4 Å². The summed E-state index contributed by atoms with van der Waals surface area (Å²) in [6.45, 7) is 2.62. The van der Waals surface area contributed by atoms with Gasteiger partial charge in [0.2, 0.25) is 0 Å². The third kappa shape index (κ3) is 4.35. The van der Waals surface area contributed by atoms with Crippen molar-refractivity contribution in [1.29, 1.82) is 0 Å². The number of hydrogen-bond donors (Lipinski definition) is 2. The number of rotatable bonds is 5. The molecule has 0 radical (unpaired) electrons. The van der Waals surface area contributed by atoms with Crippen LogP contribution in [0.2, 0.25) is 0 Å². The number of ether oxygens (including phenoxy) is 1. The molecule has 5 heteroatoms. The maximum atomic E-state index is 11.8. The summed E-state index contributed by atoms with van der Waals surface area (Å²) in [6.07, 6.45) is 0. The standard InChI is InChI=1S/C16H16N2O3/c1-12-7-8-14(9-15(12)21-11-19)18-16(20)17-10-13-5-3-2-4-6-13/h2-9,11H,10H2,1H3,(H2,17,18,20). The smallest absolute Gasteiger partial charge is 0.319 e. The van der Waals surface area contributed by atoms with Crippen molar-refractivity contribution < 1.29 is 14.3 Å². The average Bonchev–Trinajstić information content (AvgIpc) is 2.50. The van der Waals surface area contributed by atoms with Crippen LogP contribution in [0, 0.1) is 6.92 Å². The highest BCUT2D eigenvalue weighted by atomic mass is 16.5. The van der Waals surface area contributed by atoms with E-state index in [1.807, 2.05) is 37.3 Å². The summed E-state index contributed by atoms with van der Waals surface area (Å²) >= 11 is 0. The first-order chi connectivity index (χ1) is 10.2. The molecule has 5 nitrogen and oxygen atoms in total. The van der Waals surface area contributed by atoms with Crippen LogP contribution in [0.5, 0.6) is 5.75 Å². The Kier molecular flexibility index (Phi) is 4.93. The number of urea groups is 1. The lowest BCUT2D eigenvalue weighted by Gasteiger charge is -2.10. The van der Waals surface area contributed by atoms with Crippen LogP contribution in [0.4, 0.5) is 10.5 Å². The normalized spacial score (nSPS) is 9.76. The van der Waals surface area contributed by atoms with Crippen LogP contribution in [0.25, 0.3) is 0 Å². The second-order valence-electron chi connectivity index (χ2n) is 4.49. The second kappa shape index (κ2) is 7.09. The lowest BCUT2D eigenvalue weighted by atomic mass is 10.2. The van der Waals surface area contributed by atoms with Crippen LogP contribution in [-0.2, 0) is 11.3 Å². The van der Waals surface area contributed by atoms with E-state index in [0.717, 1.165) is 11.1 Å². The number of carbonyl (C=O) groups is 2. The molecule has 0 aromatic heterocycles. The lowest BCUT2D eigenvalue weighted by molar-refractivity contribution is -0.120. The fraction of sp³-hybridized carbons (Fsp3) is 0.125. The van der Waals surface area contributed by atoms with E-state index < -0.39 is 0 Å². The highest BCUT2D eigenvalue weighted by molar-refractivity contribution is 5.89. The first-order valence-electron chi connectivity index (χ1n) is 6.49. The lowest BCUT2D eigenvalue weighted by Crippen LogP contribution is -2.28. The Bertz CT molecular complexity index is 627. The molecular formula is C16H16N2O3. The summed E-state index contributed by atoms with van der Waals surface area (Å²) in [7, 11) is 0. The average molecular weight is 284 g/mol. The Labute approximate surface area is 122 Å². The third-order valence-electron chi connectivity index (χ3n) is 2.92. The number of carbonyl (C=O) groups excluding carboxylic acids is 2. The van der Waals surface area contributed by atoms with Crippen molar-refractivity contribution in [1.82, 2.24) is 5.32 Å². The molecule has 0 aliphatic heterocycles. The summed E-state index contributed by atoms with van der Waals surface area (Å²) in [6, 6.07) is 14.4. The van der Waals surface area contributed by atoms with Crippen LogP contribution in [-0.4, -0.2) is 12.5 Å². The van der Waals surface area contributed by atoms with Crippen LogP contribution in [0.15, 0.2) is 48.5 Å². The van der Waals surface area contributed by atoms with Crippen molar-refractivity contribution in [2.45, 2.75) is 13.5 Å². The molecule has 0 fully saturated rings. The Morgan fingerprint density at radius 2 is 1.95 bits per heavy atom. The van der Waals surface area contributed by atoms with Crippen molar-refractivity contribution in [3.63, 3.8) is 0 Å². The van der Waals surface area contributed by atoms with Crippen molar-refractivity contribution >= 4 is 18.2 Å². The van der Waals surface area contributed by atoms with Gasteiger partial charge in [0.15, 0.2) is 0 Å². The van der Waals surface area contributed by atoms with Crippen molar-refractivity contribution in [3.8, 4) is 5.75 Å². The number of nitrogens with one attached hydrogen (secondary N) is 2. The first-order valence-corrected chi connectivity index (χ1v) is 6.49. The minimum atomic E-state index is -0.320. The van der Waals surface area contributed by atoms with E-state index in [1.165, 1.54) is 0 Å². The zero-order valence-corrected chi connectivity index (χ0v) is 11.6. The van der Waals surface area contributed by atoms with Crippen molar-refractivity contribution in [2.24, 2.45) is 0 Å². The van der Waals surface area contributed by atoms with Gasteiger partial charge < -0.3 is 15.4 Å². The zero-order chi connectivity index (χ0) is 15.1. The summed E-state index contributed by atoms with van der Waals surface area (Å²) in [5, 5.41) is 5.45. The van der Waals surface area contributed by atoms with E-state index in [-0.39, 0.29) is 6.03 Å². The van der Waals surface area contributed by atoms with E-state index in [2.05, 4.69) is 10.6 Å². The summed E-state index contributed by atoms with van der Waals surface area (Å²) in [5.41, 5.74) is 2.39. The van der Waals surface area contributed by atoms with Gasteiger partial charge in [0.05, 0.1) is 0 Å². The summed E-state index contributed by atoms with van der Waals surface area (Å²) < 4.78 is 4.84. The highest BCUT2D eigenvalue weighted by Gasteiger charge is 2.05. The van der Waals surface area contributed by atoms with Gasteiger partial charge in [-0.1, -0.05) is 36.4 Å². The maximum Gasteiger partial charge on any atom is 0.319 e. The fourth-order valence-corrected chi connectivity index (χ4v) is 1.81. The fourth-order valence-electron chi connectivity index (χ4n) is 1.81. The predicted molar refractivity (Wildman–Crippen MR) is 80.2 cm³/mol. The SMILES string of the molecule is Cc1ccc(NC(=O)NCc2ccccc2)cc1OC=O. The van der Waals surface area contributed by atoms with Gasteiger partial charge in [-0.3, -0.25) is 4.79 Å². The van der Waals surface area contributed by atoms with Gasteiger partial charge in [-0.25, -0.2) is 4.79 Å². The molecule has 0 unspecified atom stereocenters. The molecule has 0 spiro atoms. The number of anilines is 1. The third-order valence-corrected chi connectivity index (χ3v) is 2.92. The van der Waals surface area contributed by atoms with Crippen molar-refractivity contribution in [2.75, 3.05) is 5.32 Å². The Morgan fingerprint density at radius 3 is 2.67 bits per heavy atom. The van der Waals surface area contributed by atoms with Gasteiger partial charge in [-0.15, -0.1) is 0 Å². The number of aryl methyl sites for hydroxylation is 1. The molecule has 2 aromatic rings. The molecule has 108 valence electrons. The molecule has 0 aliphatic rings. The monoisotopic (exact) mass is 284 g/mol. The molecule has 2 rings (SSSR count). The van der Waals surface area contributed by atoms with E-state index in [9.17, 15) is 9.59 Å². The van der Waals surface area contributed by atoms with Crippen LogP contribution in [0.3, 0.4) is 0 Å². The van der Waals surface area contributed by atoms with E-state index >= 15 is 0 Å². The van der Waals surface area contributed by atoms with Gasteiger partial charge in [-0.2, -0.15) is 0 Å². The molecule has 0 saturated carbocycles. The number of amides is 2. The molecule has 0 atom stereocenters. The molecule has 2 N–H and O–H groups in total. The molecule has 0 aliphatic carbocycles. The van der Waals surface area contributed by atoms with E-state index in [4.69, 9.17) is 4.74 Å². The molecule has 21 heavy (non-hydrogen) atoms. The zero-order valence-electron chi connectivity index (χ0n) is 11.6. The van der Waals surface area contributed by atoms with Crippen LogP contribution >= 0.6 is 0 Å². The Hall–Kier alpha value is -2.82. The van der Waals surface area contributed by atoms with E-state index in [0.29, 0.717) is 24.5 Å². The number of benzene rings is 2. The molecule has 2 amide bonds. The van der Waals surface area contributed by atoms with Gasteiger partial charge in [0, 0.05) is 18.3 Å². The van der Waals surface area contributed by atoms with Crippen LogP contribution in [0.1, 0.15) is 11.1 Å². The van der Waals surface area contributed by atoms with Gasteiger partial charge in [0.1, 0.15) is 5.75 Å². The molecular weight excluding hydrogens is 268 g/mol. The molecule has 0 bridgehead atoms. The Morgan fingerprint density at radius 1 is 1.19 bits per heavy atom. The second-order valence-corrected chi connectivity index (χ2v) is 4.49. The minimum Gasteiger partial charge on any atom is -0.428 e. The minimum absolute atomic E-state index is 0.320. The van der Waals surface area contributed by atoms with Gasteiger partial charge in [-0.05, 0) is 24.1 Å². The predicted octanol–water partition coefficient (Wildman–Crippen LogP) is 2.85.